The molecule has 8 nitrogen and oxygen atoms in total. The molecule has 170 valence electrons. The minimum absolute atomic E-state index is 0.236. The minimum atomic E-state index is -3.62. The van der Waals surface area contributed by atoms with E-state index < -0.39 is 10.0 Å². The molecule has 5 rings (SSSR count). The van der Waals surface area contributed by atoms with Crippen molar-refractivity contribution in [2.45, 2.75) is 42.6 Å². The van der Waals surface area contributed by atoms with Crippen LogP contribution in [0.3, 0.4) is 0 Å². The summed E-state index contributed by atoms with van der Waals surface area (Å²) >= 11 is 1.04. The van der Waals surface area contributed by atoms with Gasteiger partial charge in [-0.3, -0.25) is 4.98 Å². The Hall–Kier alpha value is -2.14. The zero-order valence-corrected chi connectivity index (χ0v) is 19.4. The number of fused-ring (bicyclic) bond motifs is 1. The molecular formula is C22H26N4O4S2. The van der Waals surface area contributed by atoms with Crippen LogP contribution >= 0.6 is 11.7 Å². The molecule has 0 saturated carbocycles. The predicted octanol–water partition coefficient (Wildman–Crippen LogP) is 3.51. The molecule has 10 heteroatoms. The fraction of sp³-hybridized carbons (Fsp3) is 0.500. The average molecular weight is 475 g/mol. The van der Waals surface area contributed by atoms with Crippen molar-refractivity contribution < 1.29 is 17.9 Å². The molecule has 2 saturated heterocycles. The summed E-state index contributed by atoms with van der Waals surface area (Å²) in [6, 6.07) is 8.87. The first-order valence-electron chi connectivity index (χ1n) is 10.9. The van der Waals surface area contributed by atoms with Gasteiger partial charge in [0.25, 0.3) is 0 Å². The topological polar surface area (TPSA) is 94.5 Å². The van der Waals surface area contributed by atoms with Gasteiger partial charge in [-0.25, -0.2) is 8.42 Å². The van der Waals surface area contributed by atoms with E-state index in [1.54, 1.807) is 34.9 Å². The third kappa shape index (κ3) is 4.36. The van der Waals surface area contributed by atoms with Crippen molar-refractivity contribution in [1.82, 2.24) is 18.0 Å². The van der Waals surface area contributed by atoms with Crippen LogP contribution in [-0.4, -0.2) is 58.4 Å². The molecule has 0 radical (unpaired) electrons. The van der Waals surface area contributed by atoms with Gasteiger partial charge in [0.05, 0.1) is 23.9 Å². The van der Waals surface area contributed by atoms with Gasteiger partial charge in [-0.1, -0.05) is 6.07 Å². The number of ether oxygens (including phenoxy) is 2. The van der Waals surface area contributed by atoms with Gasteiger partial charge in [0.1, 0.15) is 21.7 Å². The first kappa shape index (κ1) is 21.7. The van der Waals surface area contributed by atoms with Gasteiger partial charge < -0.3 is 9.47 Å². The molecule has 2 aromatic heterocycles. The Morgan fingerprint density at radius 2 is 1.97 bits per heavy atom. The Kier molecular flexibility index (Phi) is 6.11. The zero-order chi connectivity index (χ0) is 22.0. The second-order valence-corrected chi connectivity index (χ2v) is 10.9. The van der Waals surface area contributed by atoms with Crippen molar-refractivity contribution in [3.05, 3.63) is 42.7 Å². The monoisotopic (exact) mass is 474 g/mol. The number of hydrogen-bond donors (Lipinski definition) is 0. The van der Waals surface area contributed by atoms with E-state index in [2.05, 4.69) is 13.7 Å². The van der Waals surface area contributed by atoms with Gasteiger partial charge in [-0.05, 0) is 62.3 Å². The van der Waals surface area contributed by atoms with Crippen LogP contribution in [0.25, 0.3) is 11.0 Å². The number of hydrogen-bond acceptors (Lipinski definition) is 8. The van der Waals surface area contributed by atoms with Crippen molar-refractivity contribution in [1.29, 1.82) is 0 Å². The Bertz CT molecular complexity index is 1160. The summed E-state index contributed by atoms with van der Waals surface area (Å²) in [4.78, 5) is 4.25. The van der Waals surface area contributed by atoms with Gasteiger partial charge in [0.2, 0.25) is 10.0 Å². The predicted molar refractivity (Wildman–Crippen MR) is 121 cm³/mol. The molecule has 0 aliphatic carbocycles. The first-order chi connectivity index (χ1) is 15.6. The summed E-state index contributed by atoms with van der Waals surface area (Å²) in [6.07, 6.45) is 7.80. The van der Waals surface area contributed by atoms with E-state index in [1.807, 2.05) is 12.1 Å². The summed E-state index contributed by atoms with van der Waals surface area (Å²) < 4.78 is 48.7. The lowest BCUT2D eigenvalue weighted by Crippen LogP contribution is -2.50. The smallest absolute Gasteiger partial charge is 0.245 e. The standard InChI is InChI=1S/C22H26N4O4S2/c27-32(28,20-3-1-2-19-21(20)25-31-24-19)26-12-8-22(9-13-26)16-17(7-15-30-22)6-14-29-18-4-10-23-11-5-18/h1-5,10-11,17H,6-9,12-16H2. The molecule has 1 unspecified atom stereocenters. The number of aromatic nitrogens is 3. The highest BCUT2D eigenvalue weighted by Gasteiger charge is 2.43. The van der Waals surface area contributed by atoms with Crippen LogP contribution in [0.1, 0.15) is 32.1 Å². The lowest BCUT2D eigenvalue weighted by atomic mass is 9.79. The maximum Gasteiger partial charge on any atom is 0.245 e. The quantitative estimate of drug-likeness (QED) is 0.540. The second-order valence-electron chi connectivity index (χ2n) is 8.50. The summed E-state index contributed by atoms with van der Waals surface area (Å²) in [5.74, 6) is 1.36. The van der Waals surface area contributed by atoms with E-state index >= 15 is 0 Å². The van der Waals surface area contributed by atoms with Gasteiger partial charge in [-0.2, -0.15) is 13.1 Å². The normalized spacial score (nSPS) is 21.7. The van der Waals surface area contributed by atoms with E-state index in [4.69, 9.17) is 9.47 Å². The number of sulfonamides is 1. The summed E-state index contributed by atoms with van der Waals surface area (Å²) in [5.41, 5.74) is 0.845. The van der Waals surface area contributed by atoms with E-state index in [-0.39, 0.29) is 10.5 Å². The summed E-state index contributed by atoms with van der Waals surface area (Å²) in [6.45, 7) is 2.29. The van der Waals surface area contributed by atoms with Crippen LogP contribution in [-0.2, 0) is 14.8 Å². The maximum atomic E-state index is 13.3. The molecule has 2 aliphatic heterocycles. The van der Waals surface area contributed by atoms with Crippen LogP contribution in [0.4, 0.5) is 0 Å². The highest BCUT2D eigenvalue weighted by Crippen LogP contribution is 2.40. The van der Waals surface area contributed by atoms with Crippen LogP contribution < -0.4 is 4.74 Å². The molecule has 2 fully saturated rings. The lowest BCUT2D eigenvalue weighted by Gasteiger charge is -2.45. The van der Waals surface area contributed by atoms with E-state index in [9.17, 15) is 8.42 Å². The molecule has 2 aliphatic rings. The van der Waals surface area contributed by atoms with Crippen LogP contribution in [0.5, 0.6) is 5.75 Å². The molecule has 0 N–H and O–H groups in total. The number of benzene rings is 1. The number of pyridine rings is 1. The van der Waals surface area contributed by atoms with Crippen molar-refractivity contribution in [3.63, 3.8) is 0 Å². The Balaban J connectivity index is 1.20. The zero-order valence-electron chi connectivity index (χ0n) is 17.7. The Morgan fingerprint density at radius 3 is 2.78 bits per heavy atom. The van der Waals surface area contributed by atoms with Crippen LogP contribution in [0, 0.1) is 5.92 Å². The fourth-order valence-electron chi connectivity index (χ4n) is 4.76. The Morgan fingerprint density at radius 1 is 1.16 bits per heavy atom. The number of piperidine rings is 1. The Labute approximate surface area is 192 Å². The van der Waals surface area contributed by atoms with Crippen molar-refractivity contribution in [2.24, 2.45) is 5.92 Å². The number of rotatable bonds is 6. The molecule has 0 bridgehead atoms. The van der Waals surface area contributed by atoms with Crippen molar-refractivity contribution in [3.8, 4) is 5.75 Å². The highest BCUT2D eigenvalue weighted by atomic mass is 32.2. The molecule has 0 amide bonds. The SMILES string of the molecule is O=S(=O)(c1cccc2nsnc12)N1CCC2(CC1)CC(CCOc1ccncc1)CCO2. The maximum absolute atomic E-state index is 13.3. The molecule has 1 atom stereocenters. The summed E-state index contributed by atoms with van der Waals surface area (Å²) in [7, 11) is -3.62. The summed E-state index contributed by atoms with van der Waals surface area (Å²) in [5, 5.41) is 0. The second kappa shape index (κ2) is 9.01. The minimum Gasteiger partial charge on any atom is -0.493 e. The van der Waals surface area contributed by atoms with Crippen molar-refractivity contribution in [2.75, 3.05) is 26.3 Å². The molecular weight excluding hydrogens is 448 g/mol. The van der Waals surface area contributed by atoms with E-state index in [1.165, 1.54) is 0 Å². The van der Waals surface area contributed by atoms with E-state index in [0.29, 0.717) is 49.5 Å². The molecule has 32 heavy (non-hydrogen) atoms. The van der Waals surface area contributed by atoms with E-state index in [0.717, 1.165) is 43.3 Å². The van der Waals surface area contributed by atoms with Gasteiger partial charge >= 0.3 is 0 Å². The van der Waals surface area contributed by atoms with Gasteiger partial charge in [-0.15, -0.1) is 0 Å². The lowest BCUT2D eigenvalue weighted by molar-refractivity contribution is -0.122. The van der Waals surface area contributed by atoms with Gasteiger partial charge in [0.15, 0.2) is 0 Å². The third-order valence-electron chi connectivity index (χ3n) is 6.54. The first-order valence-corrected chi connectivity index (χ1v) is 13.1. The molecule has 1 aromatic carbocycles. The number of nitrogens with zero attached hydrogens (tertiary/aromatic N) is 4. The largest absolute Gasteiger partial charge is 0.493 e. The average Bonchev–Trinajstić information content (AvgIpc) is 3.29. The third-order valence-corrected chi connectivity index (χ3v) is 9.01. The highest BCUT2D eigenvalue weighted by molar-refractivity contribution is 7.89. The molecule has 4 heterocycles. The van der Waals surface area contributed by atoms with Crippen molar-refractivity contribution >= 4 is 32.8 Å². The molecule has 1 spiro atoms. The van der Waals surface area contributed by atoms with Crippen LogP contribution in [0.2, 0.25) is 0 Å². The van der Waals surface area contributed by atoms with Crippen LogP contribution in [0.15, 0.2) is 47.6 Å². The van der Waals surface area contributed by atoms with Gasteiger partial charge in [0, 0.05) is 32.1 Å². The molecule has 3 aromatic rings. The fourth-order valence-corrected chi connectivity index (χ4v) is 6.96.